The van der Waals surface area contributed by atoms with Gasteiger partial charge in [-0.1, -0.05) is 0 Å². The second-order valence-electron chi connectivity index (χ2n) is 4.70. The van der Waals surface area contributed by atoms with E-state index in [-0.39, 0.29) is 23.7 Å². The fourth-order valence-electron chi connectivity index (χ4n) is 2.16. The van der Waals surface area contributed by atoms with Crippen molar-refractivity contribution < 1.29 is 14.3 Å². The Hall–Kier alpha value is -1.68. The van der Waals surface area contributed by atoms with Gasteiger partial charge < -0.3 is 10.1 Å². The molecule has 1 heterocycles. The Morgan fingerprint density at radius 2 is 1.94 bits per heavy atom. The van der Waals surface area contributed by atoms with E-state index in [2.05, 4.69) is 5.32 Å². The van der Waals surface area contributed by atoms with Gasteiger partial charge in [0.25, 0.3) is 0 Å². The molecule has 1 amide bonds. The Balaban J connectivity index is 2.05. The highest BCUT2D eigenvalue weighted by Crippen LogP contribution is 2.23. The van der Waals surface area contributed by atoms with Crippen molar-refractivity contribution in [2.45, 2.75) is 26.4 Å². The van der Waals surface area contributed by atoms with Crippen LogP contribution in [0.25, 0.3) is 0 Å². The van der Waals surface area contributed by atoms with Crippen LogP contribution in [0.1, 0.15) is 30.6 Å². The zero-order valence-electron chi connectivity index (χ0n) is 10.6. The lowest BCUT2D eigenvalue weighted by atomic mass is 9.95. The van der Waals surface area contributed by atoms with Crippen LogP contribution in [0.5, 0.6) is 0 Å². The molecule has 1 aliphatic heterocycles. The third-order valence-corrected chi connectivity index (χ3v) is 3.06. The van der Waals surface area contributed by atoms with E-state index in [4.69, 9.17) is 4.74 Å². The zero-order chi connectivity index (χ0) is 13.1. The molecule has 0 saturated carbocycles. The molecule has 0 bridgehead atoms. The Morgan fingerprint density at radius 3 is 2.44 bits per heavy atom. The summed E-state index contributed by atoms with van der Waals surface area (Å²) < 4.78 is 5.41. The summed E-state index contributed by atoms with van der Waals surface area (Å²) in [4.78, 5) is 23.0. The predicted molar refractivity (Wildman–Crippen MR) is 68.6 cm³/mol. The normalized spacial score (nSPS) is 22.8. The Labute approximate surface area is 106 Å². The van der Waals surface area contributed by atoms with Gasteiger partial charge in [0, 0.05) is 24.1 Å². The Kier molecular flexibility index (Phi) is 3.77. The molecule has 0 aliphatic carbocycles. The largest absolute Gasteiger partial charge is 0.378 e. The highest BCUT2D eigenvalue weighted by atomic mass is 16.5. The number of ketones is 1. The van der Waals surface area contributed by atoms with Crippen molar-refractivity contribution in [2.75, 3.05) is 11.9 Å². The summed E-state index contributed by atoms with van der Waals surface area (Å²) in [5, 5.41) is 2.67. The van der Waals surface area contributed by atoms with Crippen molar-refractivity contribution in [3.8, 4) is 0 Å². The Morgan fingerprint density at radius 1 is 1.28 bits per heavy atom. The van der Waals surface area contributed by atoms with Crippen molar-refractivity contribution in [3.05, 3.63) is 29.8 Å². The minimum Gasteiger partial charge on any atom is -0.378 e. The second kappa shape index (κ2) is 5.31. The zero-order valence-corrected chi connectivity index (χ0v) is 10.6. The molecule has 2 rings (SSSR count). The van der Waals surface area contributed by atoms with Gasteiger partial charge in [0.05, 0.1) is 12.7 Å². The van der Waals surface area contributed by atoms with Gasteiger partial charge >= 0.3 is 0 Å². The summed E-state index contributed by atoms with van der Waals surface area (Å²) in [6.07, 6.45) is 0.948. The standard InChI is InChI=1S/C14H17NO3/c1-9-7-12(8-18-9)14(17)11-3-5-13(6-4-11)15-10(2)16/h3-6,9,12H,7-8H2,1-2H3,(H,15,16). The highest BCUT2D eigenvalue weighted by Gasteiger charge is 2.28. The summed E-state index contributed by atoms with van der Waals surface area (Å²) in [5.74, 6) is -0.0348. The van der Waals surface area contributed by atoms with E-state index in [0.29, 0.717) is 17.9 Å². The maximum atomic E-state index is 12.2. The number of ether oxygens (including phenoxy) is 1. The van der Waals surface area contributed by atoms with Gasteiger partial charge in [0.1, 0.15) is 0 Å². The molecule has 0 radical (unpaired) electrons. The van der Waals surface area contributed by atoms with Crippen LogP contribution in [0.3, 0.4) is 0 Å². The first kappa shape index (κ1) is 12.8. The molecule has 96 valence electrons. The van der Waals surface area contributed by atoms with Crippen molar-refractivity contribution >= 4 is 17.4 Å². The molecule has 4 heteroatoms. The van der Waals surface area contributed by atoms with E-state index in [1.54, 1.807) is 24.3 Å². The van der Waals surface area contributed by atoms with Crippen LogP contribution in [-0.2, 0) is 9.53 Å². The van der Waals surface area contributed by atoms with Gasteiger partial charge in [-0.2, -0.15) is 0 Å². The summed E-state index contributed by atoms with van der Waals surface area (Å²) in [6.45, 7) is 3.94. The van der Waals surface area contributed by atoms with Crippen molar-refractivity contribution in [1.29, 1.82) is 0 Å². The number of carbonyl (C=O) groups is 2. The summed E-state index contributed by atoms with van der Waals surface area (Å²) in [7, 11) is 0. The van der Waals surface area contributed by atoms with E-state index in [1.807, 2.05) is 6.92 Å². The van der Waals surface area contributed by atoms with Crippen LogP contribution >= 0.6 is 0 Å². The van der Waals surface area contributed by atoms with Gasteiger partial charge in [-0.05, 0) is 37.6 Å². The van der Waals surface area contributed by atoms with Gasteiger partial charge in [0.2, 0.25) is 5.91 Å². The molecule has 4 nitrogen and oxygen atoms in total. The van der Waals surface area contributed by atoms with E-state index in [1.165, 1.54) is 6.92 Å². The number of hydrogen-bond acceptors (Lipinski definition) is 3. The maximum Gasteiger partial charge on any atom is 0.221 e. The van der Waals surface area contributed by atoms with Gasteiger partial charge in [0.15, 0.2) is 5.78 Å². The van der Waals surface area contributed by atoms with Gasteiger partial charge in [-0.15, -0.1) is 0 Å². The number of amides is 1. The first-order chi connectivity index (χ1) is 8.56. The third-order valence-electron chi connectivity index (χ3n) is 3.06. The number of anilines is 1. The van der Waals surface area contributed by atoms with Crippen LogP contribution < -0.4 is 5.32 Å². The first-order valence-electron chi connectivity index (χ1n) is 6.09. The second-order valence-corrected chi connectivity index (χ2v) is 4.70. The van der Waals surface area contributed by atoms with Crippen molar-refractivity contribution in [2.24, 2.45) is 5.92 Å². The van der Waals surface area contributed by atoms with Crippen LogP contribution in [0.2, 0.25) is 0 Å². The maximum absolute atomic E-state index is 12.2. The van der Waals surface area contributed by atoms with Gasteiger partial charge in [-0.25, -0.2) is 0 Å². The van der Waals surface area contributed by atoms with Crippen molar-refractivity contribution in [1.82, 2.24) is 0 Å². The number of hydrogen-bond donors (Lipinski definition) is 1. The molecule has 18 heavy (non-hydrogen) atoms. The molecule has 0 spiro atoms. The number of rotatable bonds is 3. The van der Waals surface area contributed by atoms with E-state index in [9.17, 15) is 9.59 Å². The minimum atomic E-state index is -0.118. The third kappa shape index (κ3) is 2.96. The van der Waals surface area contributed by atoms with Gasteiger partial charge in [-0.3, -0.25) is 9.59 Å². The summed E-state index contributed by atoms with van der Waals surface area (Å²) in [6, 6.07) is 6.98. The monoisotopic (exact) mass is 247 g/mol. The summed E-state index contributed by atoms with van der Waals surface area (Å²) in [5.41, 5.74) is 1.38. The lowest BCUT2D eigenvalue weighted by Gasteiger charge is -2.08. The average Bonchev–Trinajstić information content (AvgIpc) is 2.75. The molecule has 2 atom stereocenters. The Bertz CT molecular complexity index is 453. The van der Waals surface area contributed by atoms with Crippen molar-refractivity contribution in [3.63, 3.8) is 0 Å². The number of Topliss-reactive ketones (excluding diaryl/α,β-unsaturated/α-hetero) is 1. The first-order valence-corrected chi connectivity index (χ1v) is 6.09. The molecule has 1 N–H and O–H groups in total. The number of nitrogens with one attached hydrogen (secondary N) is 1. The van der Waals surface area contributed by atoms with Crippen LogP contribution in [0, 0.1) is 5.92 Å². The lowest BCUT2D eigenvalue weighted by molar-refractivity contribution is -0.114. The van der Waals surface area contributed by atoms with E-state index in [0.717, 1.165) is 6.42 Å². The molecule has 1 saturated heterocycles. The number of carbonyl (C=O) groups excluding carboxylic acids is 2. The molecule has 1 aromatic carbocycles. The molecule has 1 aromatic rings. The topological polar surface area (TPSA) is 55.4 Å². The number of benzene rings is 1. The SMILES string of the molecule is CC(=O)Nc1ccc(C(=O)C2COC(C)C2)cc1. The van der Waals surface area contributed by atoms with Crippen LogP contribution in [-0.4, -0.2) is 24.4 Å². The molecule has 0 aromatic heterocycles. The molecule has 1 aliphatic rings. The highest BCUT2D eigenvalue weighted by molar-refractivity contribution is 5.98. The fourth-order valence-corrected chi connectivity index (χ4v) is 2.16. The average molecular weight is 247 g/mol. The minimum absolute atomic E-state index is 0.0355. The quantitative estimate of drug-likeness (QED) is 0.833. The van der Waals surface area contributed by atoms with E-state index < -0.39 is 0 Å². The molecular weight excluding hydrogens is 230 g/mol. The van der Waals surface area contributed by atoms with E-state index >= 15 is 0 Å². The predicted octanol–water partition coefficient (Wildman–Crippen LogP) is 2.25. The summed E-state index contributed by atoms with van der Waals surface area (Å²) >= 11 is 0. The molecule has 1 fully saturated rings. The fraction of sp³-hybridized carbons (Fsp3) is 0.429. The molecular formula is C14H17NO3. The lowest BCUT2D eigenvalue weighted by Crippen LogP contribution is -2.15. The van der Waals surface area contributed by atoms with Crippen LogP contribution in [0.15, 0.2) is 24.3 Å². The molecule has 2 unspecified atom stereocenters. The smallest absolute Gasteiger partial charge is 0.221 e. The van der Waals surface area contributed by atoms with Crippen LogP contribution in [0.4, 0.5) is 5.69 Å².